The van der Waals surface area contributed by atoms with Crippen LogP contribution in [0.3, 0.4) is 0 Å². The molecule has 8 nitrogen and oxygen atoms in total. The van der Waals surface area contributed by atoms with Crippen molar-refractivity contribution in [3.8, 4) is 0 Å². The fraction of sp³-hybridized carbons (Fsp3) is 0.909. The number of carbonyl (C=O) groups excluding carboxylic acids is 1. The van der Waals surface area contributed by atoms with Gasteiger partial charge in [0, 0.05) is 52.4 Å². The van der Waals surface area contributed by atoms with Crippen molar-refractivity contribution in [2.45, 2.75) is 6.92 Å². The van der Waals surface area contributed by atoms with Crippen molar-refractivity contribution in [3.05, 3.63) is 0 Å². The summed E-state index contributed by atoms with van der Waals surface area (Å²) in [6.07, 6.45) is -0.369. The molecule has 0 aromatic heterocycles. The molecule has 2 heterocycles. The first kappa shape index (κ1) is 15.5. The third kappa shape index (κ3) is 3.40. The van der Waals surface area contributed by atoms with Crippen LogP contribution in [0.1, 0.15) is 6.92 Å². The normalized spacial score (nSPS) is 22.8. The Bertz CT molecular complexity index is 428. The van der Waals surface area contributed by atoms with Gasteiger partial charge in [0.15, 0.2) is 0 Å². The number of hydrogen-bond acceptors (Lipinski definition) is 5. The predicted molar refractivity (Wildman–Crippen MR) is 73.5 cm³/mol. The Morgan fingerprint density at radius 2 is 1.60 bits per heavy atom. The molecule has 0 spiro atoms. The minimum atomic E-state index is -3.40. The van der Waals surface area contributed by atoms with E-state index in [2.05, 4.69) is 5.32 Å². The molecule has 0 aromatic carbocycles. The molecule has 0 saturated carbocycles. The number of hydrogen-bond donors (Lipinski definition) is 1. The Hall–Kier alpha value is -0.900. The van der Waals surface area contributed by atoms with Crippen molar-refractivity contribution in [2.75, 3.05) is 59.0 Å². The molecule has 116 valence electrons. The predicted octanol–water partition coefficient (Wildman–Crippen LogP) is -1.09. The molecule has 9 heteroatoms. The van der Waals surface area contributed by atoms with Crippen LogP contribution in [0.5, 0.6) is 0 Å². The lowest BCUT2D eigenvalue weighted by atomic mass is 10.4. The van der Waals surface area contributed by atoms with Crippen molar-refractivity contribution in [3.63, 3.8) is 0 Å². The van der Waals surface area contributed by atoms with Crippen molar-refractivity contribution in [1.29, 1.82) is 0 Å². The van der Waals surface area contributed by atoms with Gasteiger partial charge in [-0.15, -0.1) is 0 Å². The van der Waals surface area contributed by atoms with Gasteiger partial charge < -0.3 is 15.0 Å². The minimum absolute atomic E-state index is 0.324. The zero-order valence-corrected chi connectivity index (χ0v) is 12.6. The molecule has 0 atom stereocenters. The van der Waals surface area contributed by atoms with Gasteiger partial charge in [-0.2, -0.15) is 17.0 Å². The monoisotopic (exact) mass is 306 g/mol. The van der Waals surface area contributed by atoms with E-state index in [4.69, 9.17) is 4.74 Å². The summed E-state index contributed by atoms with van der Waals surface area (Å²) in [5.74, 6) is 0. The second-order valence-corrected chi connectivity index (χ2v) is 6.67. The van der Waals surface area contributed by atoms with Crippen LogP contribution >= 0.6 is 0 Å². The van der Waals surface area contributed by atoms with E-state index in [1.54, 1.807) is 11.8 Å². The third-order valence-corrected chi connectivity index (χ3v) is 5.53. The highest BCUT2D eigenvalue weighted by Crippen LogP contribution is 2.13. The van der Waals surface area contributed by atoms with E-state index >= 15 is 0 Å². The van der Waals surface area contributed by atoms with Crippen molar-refractivity contribution in [1.82, 2.24) is 18.8 Å². The lowest BCUT2D eigenvalue weighted by Crippen LogP contribution is -2.57. The van der Waals surface area contributed by atoms with Gasteiger partial charge in [0.05, 0.1) is 6.61 Å². The first-order valence-electron chi connectivity index (χ1n) is 6.93. The van der Waals surface area contributed by atoms with Gasteiger partial charge in [-0.25, -0.2) is 4.79 Å². The largest absolute Gasteiger partial charge is 0.450 e. The van der Waals surface area contributed by atoms with E-state index in [-0.39, 0.29) is 6.09 Å². The number of carbonyl (C=O) groups is 1. The number of piperazine rings is 2. The Morgan fingerprint density at radius 1 is 1.05 bits per heavy atom. The van der Waals surface area contributed by atoms with Crippen LogP contribution in [0.4, 0.5) is 4.79 Å². The summed E-state index contributed by atoms with van der Waals surface area (Å²) in [7, 11) is -3.40. The fourth-order valence-corrected chi connectivity index (χ4v) is 3.95. The number of rotatable bonds is 3. The molecule has 1 amide bonds. The molecule has 0 aliphatic carbocycles. The van der Waals surface area contributed by atoms with Gasteiger partial charge in [0.1, 0.15) is 0 Å². The van der Waals surface area contributed by atoms with Gasteiger partial charge in [0.2, 0.25) is 0 Å². The Labute approximate surface area is 119 Å². The molecular formula is C11H22N4O4S. The average Bonchev–Trinajstić information content (AvgIpc) is 2.48. The van der Waals surface area contributed by atoms with Crippen LogP contribution in [-0.2, 0) is 14.9 Å². The molecule has 2 aliphatic rings. The first-order chi connectivity index (χ1) is 9.55. The average molecular weight is 306 g/mol. The Balaban J connectivity index is 1.90. The fourth-order valence-electron chi connectivity index (χ4n) is 2.35. The zero-order chi connectivity index (χ0) is 14.6. The van der Waals surface area contributed by atoms with Crippen molar-refractivity contribution >= 4 is 16.3 Å². The quantitative estimate of drug-likeness (QED) is 0.716. The lowest BCUT2D eigenvalue weighted by Gasteiger charge is -2.37. The van der Waals surface area contributed by atoms with E-state index < -0.39 is 10.2 Å². The lowest BCUT2D eigenvalue weighted by molar-refractivity contribution is 0.0923. The summed E-state index contributed by atoms with van der Waals surface area (Å²) >= 11 is 0. The number of ether oxygens (including phenoxy) is 1. The van der Waals surface area contributed by atoms with Crippen LogP contribution in [-0.4, -0.2) is 87.0 Å². The molecule has 20 heavy (non-hydrogen) atoms. The van der Waals surface area contributed by atoms with Crippen LogP contribution in [0, 0.1) is 0 Å². The highest BCUT2D eigenvalue weighted by molar-refractivity contribution is 7.86. The van der Waals surface area contributed by atoms with Crippen LogP contribution in [0.25, 0.3) is 0 Å². The minimum Gasteiger partial charge on any atom is -0.450 e. The summed E-state index contributed by atoms with van der Waals surface area (Å²) in [6.45, 7) is 5.86. The standard InChI is InChI=1S/C11H22N4O4S/c1-2-19-11(16)13-7-9-15(10-8-13)20(17,18)14-5-3-12-4-6-14/h12H,2-10H2,1H3. The summed E-state index contributed by atoms with van der Waals surface area (Å²) in [5.41, 5.74) is 0. The van der Waals surface area contributed by atoms with Gasteiger partial charge >= 0.3 is 6.09 Å². The summed E-state index contributed by atoms with van der Waals surface area (Å²) < 4.78 is 32.7. The number of amides is 1. The zero-order valence-electron chi connectivity index (χ0n) is 11.7. The molecule has 0 aromatic rings. The topological polar surface area (TPSA) is 82.2 Å². The van der Waals surface area contributed by atoms with Gasteiger partial charge in [0.25, 0.3) is 10.2 Å². The smallest absolute Gasteiger partial charge is 0.409 e. The molecule has 0 radical (unpaired) electrons. The number of nitrogens with zero attached hydrogens (tertiary/aromatic N) is 3. The molecule has 2 rings (SSSR count). The van der Waals surface area contributed by atoms with E-state index in [1.807, 2.05) is 0 Å². The van der Waals surface area contributed by atoms with Crippen LogP contribution in [0.2, 0.25) is 0 Å². The van der Waals surface area contributed by atoms with E-state index in [0.29, 0.717) is 59.0 Å². The first-order valence-corrected chi connectivity index (χ1v) is 8.33. The highest BCUT2D eigenvalue weighted by Gasteiger charge is 2.34. The second-order valence-electron chi connectivity index (χ2n) is 4.74. The maximum Gasteiger partial charge on any atom is 0.409 e. The van der Waals surface area contributed by atoms with Gasteiger partial charge in [-0.1, -0.05) is 0 Å². The molecule has 2 saturated heterocycles. The molecule has 0 bridgehead atoms. The highest BCUT2D eigenvalue weighted by atomic mass is 32.2. The molecule has 2 aliphatic heterocycles. The van der Waals surface area contributed by atoms with Gasteiger partial charge in [-0.3, -0.25) is 0 Å². The van der Waals surface area contributed by atoms with Crippen LogP contribution < -0.4 is 5.32 Å². The number of nitrogens with one attached hydrogen (secondary N) is 1. The van der Waals surface area contributed by atoms with E-state index in [0.717, 1.165) is 0 Å². The van der Waals surface area contributed by atoms with Gasteiger partial charge in [-0.05, 0) is 6.92 Å². The second kappa shape index (κ2) is 6.70. The maximum atomic E-state index is 12.4. The molecule has 2 fully saturated rings. The summed E-state index contributed by atoms with van der Waals surface area (Å²) in [6, 6.07) is 0. The Morgan fingerprint density at radius 3 is 2.15 bits per heavy atom. The molecule has 1 N–H and O–H groups in total. The maximum absolute atomic E-state index is 12.4. The van der Waals surface area contributed by atoms with Crippen molar-refractivity contribution in [2.24, 2.45) is 0 Å². The van der Waals surface area contributed by atoms with E-state index in [1.165, 1.54) is 8.61 Å². The third-order valence-electron chi connectivity index (χ3n) is 3.49. The molecular weight excluding hydrogens is 284 g/mol. The SMILES string of the molecule is CCOC(=O)N1CCN(S(=O)(=O)N2CCNCC2)CC1. The van der Waals surface area contributed by atoms with Crippen LogP contribution in [0.15, 0.2) is 0 Å². The Kier molecular flexibility index (Phi) is 5.19. The summed E-state index contributed by atoms with van der Waals surface area (Å²) in [4.78, 5) is 13.1. The summed E-state index contributed by atoms with van der Waals surface area (Å²) in [5, 5.41) is 3.13. The molecule has 0 unspecified atom stereocenters. The van der Waals surface area contributed by atoms with E-state index in [9.17, 15) is 13.2 Å². The van der Waals surface area contributed by atoms with Crippen molar-refractivity contribution < 1.29 is 17.9 Å².